The molecule has 2 unspecified atom stereocenters. The summed E-state index contributed by atoms with van der Waals surface area (Å²) in [5.41, 5.74) is -0.980. The van der Waals surface area contributed by atoms with Gasteiger partial charge in [0, 0.05) is 54.5 Å². The highest BCUT2D eigenvalue weighted by atomic mass is 19.4. The molecule has 55 heavy (non-hydrogen) atoms. The minimum atomic E-state index is -4.66. The van der Waals surface area contributed by atoms with Crippen molar-refractivity contribution >= 4 is 44.4 Å². The van der Waals surface area contributed by atoms with Crippen LogP contribution in [0.5, 0.6) is 11.8 Å². The maximum absolute atomic E-state index is 17.6. The Labute approximate surface area is 310 Å². The average Bonchev–Trinajstić information content (AvgIpc) is 3.85. The summed E-state index contributed by atoms with van der Waals surface area (Å²) in [7, 11) is 0. The Hall–Kier alpha value is -5.23. The van der Waals surface area contributed by atoms with Crippen LogP contribution in [0.3, 0.4) is 0 Å². The van der Waals surface area contributed by atoms with E-state index in [2.05, 4.69) is 15.8 Å². The van der Waals surface area contributed by atoms with Crippen molar-refractivity contribution in [2.24, 2.45) is 0 Å². The third-order valence-corrected chi connectivity index (χ3v) is 11.8. The molecule has 1 amide bonds. The van der Waals surface area contributed by atoms with Gasteiger partial charge in [0.1, 0.15) is 53.4 Å². The quantitative estimate of drug-likeness (QED) is 0.140. The molecule has 3 aromatic carbocycles. The Balaban J connectivity index is 1.24. The second-order valence-electron chi connectivity index (χ2n) is 15.2. The fourth-order valence-corrected chi connectivity index (χ4v) is 9.63. The van der Waals surface area contributed by atoms with Crippen LogP contribution in [0.15, 0.2) is 34.7 Å². The lowest BCUT2D eigenvalue weighted by molar-refractivity contribution is -0.163. The number of aryl methyl sites for hydroxylation is 1. The van der Waals surface area contributed by atoms with E-state index in [0.29, 0.717) is 42.3 Å². The molecule has 0 radical (unpaired) electrons. The standard InChI is InChI=1S/C40H35F6N5O4/c1-3-26-29(42)8-5-21-12-25(52)13-27(31(21)26)32-34(43)35-33(28-11-20(2)55-36(28)32)37(48-38(47-35)54-19-39-9-4-10-50(39)16-22(41)14-39)49-17-23-6-7-24(18-49)51(23)30(53)15-40(44,45)46/h1,5,8,11-13,22-24,52H,4,6-7,9-10,14-19H2,2H3/t22-,23?,24?,39+/m1/s1. The molecule has 4 atom stereocenters. The van der Waals surface area contributed by atoms with E-state index in [4.69, 9.17) is 20.6 Å². The lowest BCUT2D eigenvalue weighted by Crippen LogP contribution is -2.56. The van der Waals surface area contributed by atoms with E-state index in [0.717, 1.165) is 12.5 Å². The minimum Gasteiger partial charge on any atom is -0.508 e. The van der Waals surface area contributed by atoms with E-state index >= 15 is 8.78 Å². The highest BCUT2D eigenvalue weighted by Gasteiger charge is 2.50. The van der Waals surface area contributed by atoms with Crippen LogP contribution in [0, 0.1) is 30.9 Å². The number of amides is 1. The van der Waals surface area contributed by atoms with Gasteiger partial charge in [0.2, 0.25) is 5.91 Å². The van der Waals surface area contributed by atoms with E-state index in [9.17, 15) is 27.5 Å². The molecule has 9 nitrogen and oxygen atoms in total. The number of rotatable bonds is 6. The summed E-state index contributed by atoms with van der Waals surface area (Å²) < 4.78 is 99.8. The van der Waals surface area contributed by atoms with Crippen molar-refractivity contribution in [3.63, 3.8) is 0 Å². The molecule has 5 aromatic rings. The summed E-state index contributed by atoms with van der Waals surface area (Å²) in [5, 5.41) is 11.9. The molecular formula is C40H35F6N5O4. The maximum atomic E-state index is 17.6. The number of alkyl halides is 4. The lowest BCUT2D eigenvalue weighted by atomic mass is 9.91. The lowest BCUT2D eigenvalue weighted by Gasteiger charge is -2.42. The van der Waals surface area contributed by atoms with Gasteiger partial charge in [-0.05, 0) is 68.8 Å². The van der Waals surface area contributed by atoms with Gasteiger partial charge in [0.25, 0.3) is 0 Å². The van der Waals surface area contributed by atoms with E-state index in [1.807, 2.05) is 4.90 Å². The van der Waals surface area contributed by atoms with Crippen molar-refractivity contribution in [1.82, 2.24) is 19.8 Å². The molecule has 0 aliphatic carbocycles. The zero-order chi connectivity index (χ0) is 38.6. The molecule has 4 aliphatic heterocycles. The van der Waals surface area contributed by atoms with Crippen molar-refractivity contribution in [3.8, 4) is 35.2 Å². The molecule has 286 valence electrons. The summed E-state index contributed by atoms with van der Waals surface area (Å²) in [6.45, 7) is 2.90. The Bertz CT molecular complexity index is 2450. The molecule has 4 aliphatic rings. The van der Waals surface area contributed by atoms with E-state index in [1.54, 1.807) is 13.0 Å². The fraction of sp³-hybridized carbons (Fsp3) is 0.425. The summed E-state index contributed by atoms with van der Waals surface area (Å²) in [6, 6.07) is 5.61. The highest BCUT2D eigenvalue weighted by molar-refractivity contribution is 6.18. The highest BCUT2D eigenvalue weighted by Crippen LogP contribution is 2.47. The molecule has 2 aromatic heterocycles. The number of phenolic OH excluding ortho intramolecular Hbond substituents is 1. The second-order valence-corrected chi connectivity index (χ2v) is 15.2. The van der Waals surface area contributed by atoms with Crippen LogP contribution < -0.4 is 9.64 Å². The number of aromatic nitrogens is 2. The van der Waals surface area contributed by atoms with Gasteiger partial charge < -0.3 is 24.1 Å². The molecule has 2 bridgehead atoms. The number of piperazine rings is 1. The van der Waals surface area contributed by atoms with Gasteiger partial charge in [-0.1, -0.05) is 12.0 Å². The molecule has 0 spiro atoms. The topological polar surface area (TPSA) is 95.2 Å². The number of carbonyl (C=O) groups excluding carboxylic acids is 1. The van der Waals surface area contributed by atoms with Crippen molar-refractivity contribution in [3.05, 3.63) is 53.3 Å². The zero-order valence-electron chi connectivity index (χ0n) is 29.7. The summed E-state index contributed by atoms with van der Waals surface area (Å²) >= 11 is 0. The number of aromatic hydroxyl groups is 1. The van der Waals surface area contributed by atoms with E-state index < -0.39 is 53.9 Å². The third kappa shape index (κ3) is 5.79. The van der Waals surface area contributed by atoms with Gasteiger partial charge in [-0.15, -0.1) is 6.42 Å². The number of anilines is 1. The first kappa shape index (κ1) is 35.5. The number of furan rings is 1. The molecule has 6 heterocycles. The number of nitrogens with zero attached hydrogens (tertiary/aromatic N) is 5. The fourth-order valence-electron chi connectivity index (χ4n) is 9.63. The van der Waals surface area contributed by atoms with Crippen LogP contribution in [-0.4, -0.2) is 93.5 Å². The molecule has 4 fully saturated rings. The molecular weight excluding hydrogens is 728 g/mol. The number of benzene rings is 3. The van der Waals surface area contributed by atoms with Crippen LogP contribution in [0.4, 0.5) is 32.2 Å². The predicted octanol–water partition coefficient (Wildman–Crippen LogP) is 7.56. The van der Waals surface area contributed by atoms with Crippen LogP contribution >= 0.6 is 0 Å². The molecule has 4 saturated heterocycles. The first-order chi connectivity index (χ1) is 26.2. The zero-order valence-corrected chi connectivity index (χ0v) is 29.7. The van der Waals surface area contributed by atoms with Gasteiger partial charge in [0.05, 0.1) is 22.1 Å². The van der Waals surface area contributed by atoms with E-state index in [-0.39, 0.29) is 88.8 Å². The average molecular weight is 764 g/mol. The number of carbonyl (C=O) groups is 1. The van der Waals surface area contributed by atoms with Gasteiger partial charge in [0.15, 0.2) is 5.82 Å². The van der Waals surface area contributed by atoms with Crippen LogP contribution in [-0.2, 0) is 4.79 Å². The molecule has 0 saturated carbocycles. The number of phenols is 1. The maximum Gasteiger partial charge on any atom is 0.397 e. The molecule has 15 heteroatoms. The molecule has 1 N–H and O–H groups in total. The van der Waals surface area contributed by atoms with Crippen molar-refractivity contribution in [2.75, 3.05) is 37.7 Å². The number of hydrogen-bond acceptors (Lipinski definition) is 8. The Morgan fingerprint density at radius 3 is 2.60 bits per heavy atom. The van der Waals surface area contributed by atoms with Crippen LogP contribution in [0.1, 0.15) is 49.8 Å². The summed E-state index contributed by atoms with van der Waals surface area (Å²) in [4.78, 5) is 27.5. The smallest absolute Gasteiger partial charge is 0.397 e. The van der Waals surface area contributed by atoms with Gasteiger partial charge >= 0.3 is 12.2 Å². The van der Waals surface area contributed by atoms with Gasteiger partial charge in [-0.25, -0.2) is 13.2 Å². The second kappa shape index (κ2) is 12.7. The number of hydrogen-bond donors (Lipinski definition) is 1. The van der Waals surface area contributed by atoms with Crippen LogP contribution in [0.25, 0.3) is 43.8 Å². The van der Waals surface area contributed by atoms with Crippen molar-refractivity contribution in [2.45, 2.75) is 75.4 Å². The van der Waals surface area contributed by atoms with Crippen molar-refractivity contribution < 1.29 is 45.4 Å². The van der Waals surface area contributed by atoms with Crippen LogP contribution in [0.2, 0.25) is 0 Å². The normalized spacial score (nSPS) is 24.0. The van der Waals surface area contributed by atoms with Gasteiger partial charge in [-0.2, -0.15) is 23.1 Å². The Morgan fingerprint density at radius 1 is 1.11 bits per heavy atom. The number of halogens is 6. The third-order valence-electron chi connectivity index (χ3n) is 11.8. The predicted molar refractivity (Wildman–Crippen MR) is 192 cm³/mol. The number of ether oxygens (including phenoxy) is 1. The molecule has 9 rings (SSSR count). The van der Waals surface area contributed by atoms with Gasteiger partial charge in [-0.3, -0.25) is 9.69 Å². The largest absolute Gasteiger partial charge is 0.508 e. The first-order valence-corrected chi connectivity index (χ1v) is 18.2. The first-order valence-electron chi connectivity index (χ1n) is 18.2. The summed E-state index contributed by atoms with van der Waals surface area (Å²) in [6.07, 6.45) is 1.26. The van der Waals surface area contributed by atoms with E-state index in [1.165, 1.54) is 23.1 Å². The minimum absolute atomic E-state index is 0.0346. The Morgan fingerprint density at radius 2 is 1.87 bits per heavy atom. The Kier molecular flexibility index (Phi) is 8.16. The summed E-state index contributed by atoms with van der Waals surface area (Å²) in [5.74, 6) is 0.102. The monoisotopic (exact) mass is 763 g/mol. The van der Waals surface area contributed by atoms with Crippen molar-refractivity contribution in [1.29, 1.82) is 0 Å². The number of fused-ring (bicyclic) bond motifs is 7. The SMILES string of the molecule is C#Cc1c(F)ccc2cc(O)cc(-c3c(F)c4nc(OC[C@@]56CCCN5C[C@H](F)C6)nc(N5CC6CCC(C5)N6C(=O)CC(F)(F)F)c4c4cc(C)oc34)c12. The number of terminal acetylenes is 1.